The van der Waals surface area contributed by atoms with E-state index in [-0.39, 0.29) is 5.56 Å². The number of rotatable bonds is 2. The molecule has 0 heterocycles. The Morgan fingerprint density at radius 2 is 1.89 bits per heavy atom. The van der Waals surface area contributed by atoms with Gasteiger partial charge in [-0.1, -0.05) is 30.3 Å². The molecule has 0 unspecified atom stereocenters. The Morgan fingerprint density at radius 3 is 2.56 bits per heavy atom. The van der Waals surface area contributed by atoms with E-state index in [2.05, 4.69) is 4.74 Å². The summed E-state index contributed by atoms with van der Waals surface area (Å²) < 4.78 is 18.1. The summed E-state index contributed by atoms with van der Waals surface area (Å²) in [6.45, 7) is 1.97. The number of carbonyl (C=O) groups is 1. The van der Waals surface area contributed by atoms with E-state index in [1.54, 1.807) is 6.07 Å². The van der Waals surface area contributed by atoms with Gasteiger partial charge >= 0.3 is 5.97 Å². The number of ether oxygens (including phenoxy) is 1. The zero-order valence-electron chi connectivity index (χ0n) is 10.2. The van der Waals surface area contributed by atoms with Gasteiger partial charge in [0.25, 0.3) is 0 Å². The van der Waals surface area contributed by atoms with E-state index >= 15 is 0 Å². The minimum absolute atomic E-state index is 0.0433. The van der Waals surface area contributed by atoms with Gasteiger partial charge in [-0.25, -0.2) is 9.18 Å². The second-order valence-electron chi connectivity index (χ2n) is 4.00. The van der Waals surface area contributed by atoms with E-state index in [4.69, 9.17) is 0 Å². The van der Waals surface area contributed by atoms with Crippen molar-refractivity contribution in [3.63, 3.8) is 0 Å². The van der Waals surface area contributed by atoms with Crippen molar-refractivity contribution in [2.75, 3.05) is 7.11 Å². The third-order valence-electron chi connectivity index (χ3n) is 2.83. The first-order valence-electron chi connectivity index (χ1n) is 5.57. The maximum atomic E-state index is 13.5. The molecule has 0 aliphatic heterocycles. The topological polar surface area (TPSA) is 26.3 Å². The molecule has 0 N–H and O–H groups in total. The maximum absolute atomic E-state index is 13.5. The smallest absolute Gasteiger partial charge is 0.340 e. The largest absolute Gasteiger partial charge is 0.465 e. The highest BCUT2D eigenvalue weighted by Crippen LogP contribution is 2.25. The lowest BCUT2D eigenvalue weighted by Crippen LogP contribution is -2.04. The van der Waals surface area contributed by atoms with Crippen molar-refractivity contribution in [1.82, 2.24) is 0 Å². The lowest BCUT2D eigenvalue weighted by atomic mass is 9.99. The van der Waals surface area contributed by atoms with Crippen molar-refractivity contribution in [2.24, 2.45) is 0 Å². The summed E-state index contributed by atoms with van der Waals surface area (Å²) in [4.78, 5) is 11.4. The molecule has 0 aromatic heterocycles. The van der Waals surface area contributed by atoms with Gasteiger partial charge in [-0.05, 0) is 35.7 Å². The molecule has 3 heteroatoms. The molecule has 0 bridgehead atoms. The third-order valence-corrected chi connectivity index (χ3v) is 2.83. The van der Waals surface area contributed by atoms with Gasteiger partial charge in [-0.3, -0.25) is 0 Å². The summed E-state index contributed by atoms with van der Waals surface area (Å²) in [5.41, 5.74) is 2.80. The van der Waals surface area contributed by atoms with E-state index in [0.717, 1.165) is 16.7 Å². The van der Waals surface area contributed by atoms with E-state index in [1.165, 1.54) is 19.2 Å². The Balaban J connectivity index is 2.54. The number of methoxy groups -OCH3 is 1. The molecular formula is C15H13FO2. The minimum atomic E-state index is -0.664. The molecule has 2 aromatic rings. The number of benzene rings is 2. The lowest BCUT2D eigenvalue weighted by molar-refractivity contribution is 0.0595. The van der Waals surface area contributed by atoms with Gasteiger partial charge in [0.1, 0.15) is 5.82 Å². The molecule has 0 saturated carbocycles. The fraction of sp³-hybridized carbons (Fsp3) is 0.133. The average molecular weight is 244 g/mol. The summed E-state index contributed by atoms with van der Waals surface area (Å²) in [6.07, 6.45) is 0. The molecule has 92 valence electrons. The van der Waals surface area contributed by atoms with Crippen LogP contribution >= 0.6 is 0 Å². The van der Waals surface area contributed by atoms with Gasteiger partial charge in [0.05, 0.1) is 12.7 Å². The molecule has 18 heavy (non-hydrogen) atoms. The molecule has 0 saturated heterocycles. The van der Waals surface area contributed by atoms with E-state index < -0.39 is 11.8 Å². The molecule has 2 rings (SSSR count). The third kappa shape index (κ3) is 2.25. The molecular weight excluding hydrogens is 231 g/mol. The Kier molecular flexibility index (Phi) is 3.42. The van der Waals surface area contributed by atoms with Crippen LogP contribution in [0.4, 0.5) is 4.39 Å². The first-order chi connectivity index (χ1) is 8.63. The minimum Gasteiger partial charge on any atom is -0.465 e. The normalized spacial score (nSPS) is 10.2. The number of aryl methyl sites for hydroxylation is 1. The fourth-order valence-corrected chi connectivity index (χ4v) is 1.86. The van der Waals surface area contributed by atoms with E-state index in [1.807, 2.05) is 31.2 Å². The quantitative estimate of drug-likeness (QED) is 0.755. The van der Waals surface area contributed by atoms with Gasteiger partial charge in [0, 0.05) is 0 Å². The second-order valence-corrected chi connectivity index (χ2v) is 4.00. The van der Waals surface area contributed by atoms with E-state index in [9.17, 15) is 9.18 Å². The van der Waals surface area contributed by atoms with Crippen LogP contribution in [0.3, 0.4) is 0 Å². The summed E-state index contributed by atoms with van der Waals surface area (Å²) >= 11 is 0. The second kappa shape index (κ2) is 5.00. The summed E-state index contributed by atoms with van der Waals surface area (Å²) in [6, 6.07) is 12.2. The number of hydrogen-bond donors (Lipinski definition) is 0. The Bertz CT molecular complexity index is 591. The molecule has 0 aliphatic carbocycles. The van der Waals surface area contributed by atoms with Crippen LogP contribution in [0, 0.1) is 12.7 Å². The first-order valence-corrected chi connectivity index (χ1v) is 5.57. The van der Waals surface area contributed by atoms with Crippen LogP contribution in [0.25, 0.3) is 11.1 Å². The maximum Gasteiger partial charge on any atom is 0.340 e. The monoisotopic (exact) mass is 244 g/mol. The highest BCUT2D eigenvalue weighted by Gasteiger charge is 2.13. The first kappa shape index (κ1) is 12.3. The van der Waals surface area contributed by atoms with Gasteiger partial charge < -0.3 is 4.74 Å². The molecule has 2 aromatic carbocycles. The highest BCUT2D eigenvalue weighted by atomic mass is 19.1. The van der Waals surface area contributed by atoms with Crippen LogP contribution in [0.15, 0.2) is 42.5 Å². The van der Waals surface area contributed by atoms with Crippen LogP contribution in [-0.4, -0.2) is 13.1 Å². The molecule has 0 aliphatic rings. The zero-order chi connectivity index (χ0) is 13.1. The Labute approximate surface area is 105 Å². The Morgan fingerprint density at radius 1 is 1.17 bits per heavy atom. The molecule has 2 nitrogen and oxygen atoms in total. The van der Waals surface area contributed by atoms with Crippen LogP contribution in [-0.2, 0) is 4.74 Å². The Hall–Kier alpha value is -2.16. The van der Waals surface area contributed by atoms with Crippen molar-refractivity contribution < 1.29 is 13.9 Å². The van der Waals surface area contributed by atoms with Crippen LogP contribution in [0.5, 0.6) is 0 Å². The lowest BCUT2D eigenvalue weighted by Gasteiger charge is -2.08. The van der Waals surface area contributed by atoms with Gasteiger partial charge in [-0.2, -0.15) is 0 Å². The van der Waals surface area contributed by atoms with Gasteiger partial charge in [0.2, 0.25) is 0 Å². The molecule has 0 spiro atoms. The molecule has 0 amide bonds. The van der Waals surface area contributed by atoms with Crippen molar-refractivity contribution in [3.8, 4) is 11.1 Å². The predicted octanol–water partition coefficient (Wildman–Crippen LogP) is 3.59. The summed E-state index contributed by atoms with van der Waals surface area (Å²) in [7, 11) is 1.24. The highest BCUT2D eigenvalue weighted by molar-refractivity contribution is 5.91. The predicted molar refractivity (Wildman–Crippen MR) is 67.9 cm³/mol. The van der Waals surface area contributed by atoms with Gasteiger partial charge in [-0.15, -0.1) is 0 Å². The number of halogens is 1. The molecule has 0 radical (unpaired) electrons. The standard InChI is InChI=1S/C15H13FO2/c1-10-5-3-4-6-12(10)11-7-8-14(16)13(9-11)15(17)18-2/h3-9H,1-2H3. The summed E-state index contributed by atoms with van der Waals surface area (Å²) in [5, 5.41) is 0. The van der Waals surface area contributed by atoms with Crippen LogP contribution in [0.1, 0.15) is 15.9 Å². The van der Waals surface area contributed by atoms with E-state index in [0.29, 0.717) is 0 Å². The summed E-state index contributed by atoms with van der Waals surface area (Å²) in [5.74, 6) is -1.23. The van der Waals surface area contributed by atoms with Crippen molar-refractivity contribution in [3.05, 3.63) is 59.4 Å². The number of hydrogen-bond acceptors (Lipinski definition) is 2. The SMILES string of the molecule is COC(=O)c1cc(-c2ccccc2C)ccc1F. The van der Waals surface area contributed by atoms with Crippen molar-refractivity contribution >= 4 is 5.97 Å². The number of carbonyl (C=O) groups excluding carboxylic acids is 1. The van der Waals surface area contributed by atoms with Crippen molar-refractivity contribution in [1.29, 1.82) is 0 Å². The number of esters is 1. The average Bonchev–Trinajstić information content (AvgIpc) is 2.39. The fourth-order valence-electron chi connectivity index (χ4n) is 1.86. The molecule has 0 fully saturated rings. The van der Waals surface area contributed by atoms with Crippen molar-refractivity contribution in [2.45, 2.75) is 6.92 Å². The molecule has 0 atom stereocenters. The van der Waals surface area contributed by atoms with Crippen LogP contribution in [0.2, 0.25) is 0 Å². The van der Waals surface area contributed by atoms with Gasteiger partial charge in [0.15, 0.2) is 0 Å². The van der Waals surface area contributed by atoms with Crippen LogP contribution < -0.4 is 0 Å². The zero-order valence-corrected chi connectivity index (χ0v) is 10.2.